The predicted octanol–water partition coefficient (Wildman–Crippen LogP) is 4.51. The van der Waals surface area contributed by atoms with Gasteiger partial charge in [0.05, 0.1) is 17.3 Å². The Morgan fingerprint density at radius 2 is 2.00 bits per heavy atom. The van der Waals surface area contributed by atoms with Gasteiger partial charge in [0.2, 0.25) is 5.91 Å². The Morgan fingerprint density at radius 1 is 1.16 bits per heavy atom. The lowest BCUT2D eigenvalue weighted by Crippen LogP contribution is -2.35. The Hall–Kier alpha value is -2.67. The third-order valence-electron chi connectivity index (χ3n) is 5.90. The van der Waals surface area contributed by atoms with E-state index in [0.29, 0.717) is 23.9 Å². The fraction of sp³-hybridized carbons (Fsp3) is 0.500. The van der Waals surface area contributed by atoms with Crippen LogP contribution in [0.1, 0.15) is 45.9 Å². The molecule has 2 aromatic heterocycles. The van der Waals surface area contributed by atoms with Crippen molar-refractivity contribution in [3.63, 3.8) is 0 Å². The number of carbonyl (C=O) groups is 1. The maximum absolute atomic E-state index is 12.2. The monoisotopic (exact) mass is 454 g/mol. The summed E-state index contributed by atoms with van der Waals surface area (Å²) in [5.41, 5.74) is 1.67. The van der Waals surface area contributed by atoms with Crippen molar-refractivity contribution in [2.24, 2.45) is 5.92 Å². The highest BCUT2D eigenvalue weighted by Crippen LogP contribution is 2.28. The smallest absolute Gasteiger partial charge is 0.222 e. The minimum Gasteiger partial charge on any atom is -0.354 e. The van der Waals surface area contributed by atoms with Crippen molar-refractivity contribution in [1.29, 1.82) is 0 Å². The van der Waals surface area contributed by atoms with Crippen LogP contribution in [0.4, 0.5) is 5.82 Å². The van der Waals surface area contributed by atoms with Crippen molar-refractivity contribution >= 4 is 34.4 Å². The summed E-state index contributed by atoms with van der Waals surface area (Å²) in [5.74, 6) is 2.53. The molecule has 32 heavy (non-hydrogen) atoms. The van der Waals surface area contributed by atoms with Crippen LogP contribution in [0.25, 0.3) is 16.7 Å². The van der Waals surface area contributed by atoms with Gasteiger partial charge in [-0.05, 0) is 37.0 Å². The van der Waals surface area contributed by atoms with Gasteiger partial charge < -0.3 is 9.80 Å². The van der Waals surface area contributed by atoms with Crippen LogP contribution in [0.5, 0.6) is 0 Å². The van der Waals surface area contributed by atoms with Crippen LogP contribution >= 0.6 is 11.6 Å². The largest absolute Gasteiger partial charge is 0.354 e. The molecule has 0 atom stereocenters. The van der Waals surface area contributed by atoms with E-state index in [2.05, 4.69) is 23.8 Å². The molecule has 4 rings (SSSR count). The zero-order valence-corrected chi connectivity index (χ0v) is 19.8. The molecule has 7 nitrogen and oxygen atoms in total. The topological polar surface area (TPSA) is 67.2 Å². The molecule has 1 saturated heterocycles. The highest BCUT2D eigenvalue weighted by Gasteiger charge is 2.23. The molecule has 1 amide bonds. The predicted molar refractivity (Wildman–Crippen MR) is 129 cm³/mol. The lowest BCUT2D eigenvalue weighted by atomic mass is 10.1. The van der Waals surface area contributed by atoms with E-state index in [1.54, 1.807) is 0 Å². The van der Waals surface area contributed by atoms with Crippen LogP contribution in [0.2, 0.25) is 5.02 Å². The van der Waals surface area contributed by atoms with Gasteiger partial charge in [-0.3, -0.25) is 4.79 Å². The number of nitrogens with zero attached hydrogens (tertiary/aromatic N) is 6. The average Bonchev–Trinajstić information content (AvgIpc) is 3.05. The Kier molecular flexibility index (Phi) is 6.94. The molecule has 1 aliphatic heterocycles. The van der Waals surface area contributed by atoms with Crippen molar-refractivity contribution in [1.82, 2.24) is 24.6 Å². The molecule has 0 saturated carbocycles. The number of anilines is 1. The number of benzene rings is 1. The highest BCUT2D eigenvalue weighted by atomic mass is 35.5. The highest BCUT2D eigenvalue weighted by molar-refractivity contribution is 6.30. The number of aromatic nitrogens is 4. The van der Waals surface area contributed by atoms with Gasteiger partial charge in [0.15, 0.2) is 5.65 Å². The van der Waals surface area contributed by atoms with Crippen LogP contribution in [0, 0.1) is 5.92 Å². The van der Waals surface area contributed by atoms with Crippen LogP contribution in [0.15, 0.2) is 30.5 Å². The Balaban J connectivity index is 1.74. The molecule has 3 aromatic rings. The van der Waals surface area contributed by atoms with E-state index >= 15 is 0 Å². The first-order valence-electron chi connectivity index (χ1n) is 11.5. The number of halogens is 1. The molecule has 0 radical (unpaired) electrons. The van der Waals surface area contributed by atoms with E-state index in [1.165, 1.54) is 0 Å². The van der Waals surface area contributed by atoms with Crippen LogP contribution < -0.4 is 4.90 Å². The van der Waals surface area contributed by atoms with Crippen LogP contribution in [-0.4, -0.2) is 56.7 Å². The number of rotatable bonds is 6. The molecular formula is C24H31ClN6O. The lowest BCUT2D eigenvalue weighted by molar-refractivity contribution is -0.130. The molecule has 0 aliphatic carbocycles. The van der Waals surface area contributed by atoms with Gasteiger partial charge in [-0.2, -0.15) is 5.10 Å². The summed E-state index contributed by atoms with van der Waals surface area (Å²) in [7, 11) is 0. The standard InChI is InChI=1S/C24H31ClN6O/c1-4-22(32)29-11-6-12-30(14-13-29)23-20-16-26-31(19-8-5-7-18(25)15-19)24(20)28-21(27-23)10-9-17(2)3/h5,7-8,15-17H,4,6,9-14H2,1-3H3. The molecule has 0 bridgehead atoms. The maximum atomic E-state index is 12.2. The van der Waals surface area contributed by atoms with Gasteiger partial charge in [-0.15, -0.1) is 0 Å². The summed E-state index contributed by atoms with van der Waals surface area (Å²) >= 11 is 6.24. The first-order chi connectivity index (χ1) is 15.5. The van der Waals surface area contributed by atoms with Crippen LogP contribution in [0.3, 0.4) is 0 Å². The van der Waals surface area contributed by atoms with E-state index in [1.807, 2.05) is 47.0 Å². The molecular weight excluding hydrogens is 424 g/mol. The quantitative estimate of drug-likeness (QED) is 0.548. The van der Waals surface area contributed by atoms with Crippen molar-refractivity contribution in [3.05, 3.63) is 41.3 Å². The summed E-state index contributed by atoms with van der Waals surface area (Å²) in [4.78, 5) is 26.4. The van der Waals surface area contributed by atoms with Crippen molar-refractivity contribution in [2.75, 3.05) is 31.1 Å². The van der Waals surface area contributed by atoms with Crippen molar-refractivity contribution in [3.8, 4) is 5.69 Å². The average molecular weight is 455 g/mol. The second kappa shape index (κ2) is 9.86. The SMILES string of the molecule is CCC(=O)N1CCCN(c2nc(CCC(C)C)nc3c2cnn3-c2cccc(Cl)c2)CC1. The Bertz CT molecular complexity index is 1100. The second-order valence-electron chi connectivity index (χ2n) is 8.74. The van der Waals surface area contributed by atoms with Gasteiger partial charge >= 0.3 is 0 Å². The van der Waals surface area contributed by atoms with E-state index in [9.17, 15) is 4.79 Å². The lowest BCUT2D eigenvalue weighted by Gasteiger charge is -2.23. The van der Waals surface area contributed by atoms with Crippen molar-refractivity contribution < 1.29 is 4.79 Å². The summed E-state index contributed by atoms with van der Waals surface area (Å²) in [6.45, 7) is 9.45. The Morgan fingerprint density at radius 3 is 2.75 bits per heavy atom. The zero-order chi connectivity index (χ0) is 22.7. The number of carbonyl (C=O) groups excluding carboxylic acids is 1. The summed E-state index contributed by atoms with van der Waals surface area (Å²) in [5, 5.41) is 6.23. The summed E-state index contributed by atoms with van der Waals surface area (Å²) in [6, 6.07) is 7.64. The minimum absolute atomic E-state index is 0.214. The first kappa shape index (κ1) is 22.5. The van der Waals surface area contributed by atoms with E-state index < -0.39 is 0 Å². The molecule has 0 N–H and O–H groups in total. The molecule has 8 heteroatoms. The molecule has 1 aromatic carbocycles. The number of amides is 1. The summed E-state index contributed by atoms with van der Waals surface area (Å²) in [6.07, 6.45) is 5.15. The van der Waals surface area contributed by atoms with Gasteiger partial charge in [-0.25, -0.2) is 14.6 Å². The third kappa shape index (κ3) is 4.88. The molecule has 3 heterocycles. The third-order valence-corrected chi connectivity index (χ3v) is 6.14. The van der Waals surface area contributed by atoms with Gasteiger partial charge in [-0.1, -0.05) is 38.4 Å². The van der Waals surface area contributed by atoms with E-state index in [4.69, 9.17) is 21.6 Å². The molecule has 0 unspecified atom stereocenters. The Labute approximate surface area is 194 Å². The number of hydrogen-bond acceptors (Lipinski definition) is 5. The molecule has 1 aliphatic rings. The number of fused-ring (bicyclic) bond motifs is 1. The van der Waals surface area contributed by atoms with Crippen LogP contribution in [-0.2, 0) is 11.2 Å². The molecule has 0 spiro atoms. The van der Waals surface area contributed by atoms with Gasteiger partial charge in [0, 0.05) is 44.0 Å². The molecule has 170 valence electrons. The van der Waals surface area contributed by atoms with Gasteiger partial charge in [0.1, 0.15) is 11.6 Å². The molecule has 1 fully saturated rings. The fourth-order valence-electron chi connectivity index (χ4n) is 4.11. The minimum atomic E-state index is 0.214. The second-order valence-corrected chi connectivity index (χ2v) is 9.18. The van der Waals surface area contributed by atoms with E-state index in [0.717, 1.165) is 67.3 Å². The first-order valence-corrected chi connectivity index (χ1v) is 11.9. The maximum Gasteiger partial charge on any atom is 0.222 e. The normalized spacial score (nSPS) is 14.9. The van der Waals surface area contributed by atoms with Crippen molar-refractivity contribution in [2.45, 2.75) is 46.5 Å². The number of hydrogen-bond donors (Lipinski definition) is 0. The zero-order valence-electron chi connectivity index (χ0n) is 19.1. The van der Waals surface area contributed by atoms with Gasteiger partial charge in [0.25, 0.3) is 0 Å². The summed E-state index contributed by atoms with van der Waals surface area (Å²) < 4.78 is 1.84. The fourth-order valence-corrected chi connectivity index (χ4v) is 4.29. The van der Waals surface area contributed by atoms with E-state index in [-0.39, 0.29) is 5.91 Å². The number of aryl methyl sites for hydroxylation is 1.